The van der Waals surface area contributed by atoms with Crippen LogP contribution >= 0.6 is 7.60 Å². The van der Waals surface area contributed by atoms with E-state index in [1.807, 2.05) is 5.92 Å². The maximum atomic E-state index is 13.6. The molecule has 17 heavy (non-hydrogen) atoms. The van der Waals surface area contributed by atoms with E-state index in [4.69, 9.17) is 0 Å². The molecule has 0 aromatic carbocycles. The zero-order valence-electron chi connectivity index (χ0n) is 10.3. The van der Waals surface area contributed by atoms with Crippen LogP contribution in [0.5, 0.6) is 0 Å². The number of aliphatic hydroxyl groups is 1. The molecule has 0 aliphatic heterocycles. The zero-order chi connectivity index (χ0) is 13.7. The first-order chi connectivity index (χ1) is 7.58. The molecule has 0 amide bonds. The molecule has 0 saturated carbocycles. The Morgan fingerprint density at radius 3 is 1.88 bits per heavy atom. The van der Waals surface area contributed by atoms with Crippen molar-refractivity contribution in [1.29, 1.82) is 0 Å². The van der Waals surface area contributed by atoms with E-state index in [9.17, 15) is 18.5 Å². The molecule has 0 bridgehead atoms. The fourth-order valence-corrected chi connectivity index (χ4v) is 2.11. The van der Waals surface area contributed by atoms with Crippen LogP contribution in [-0.2, 0) is 13.6 Å². The Labute approximate surface area is 99.8 Å². The first-order valence-electron chi connectivity index (χ1n) is 5.11. The molecule has 0 unspecified atom stereocenters. The maximum absolute atomic E-state index is 13.6. The van der Waals surface area contributed by atoms with Crippen LogP contribution in [0.2, 0.25) is 0 Å². The predicted octanol–water partition coefficient (Wildman–Crippen LogP) is 2.62. The molecular formula is C10H17F2O4P. The van der Waals surface area contributed by atoms with Crippen molar-refractivity contribution in [2.75, 3.05) is 13.2 Å². The standard InChI is InChI=1S/C10H17F2O4P/c1-5-15-17(14,16-6-2)10(11,12)8-7-9(3,4)13/h13H,5-6H2,1-4H3. The van der Waals surface area contributed by atoms with Gasteiger partial charge in [0.2, 0.25) is 0 Å². The second kappa shape index (κ2) is 5.92. The summed E-state index contributed by atoms with van der Waals surface area (Å²) in [6.45, 7) is 4.95. The van der Waals surface area contributed by atoms with E-state index in [2.05, 4.69) is 9.05 Å². The summed E-state index contributed by atoms with van der Waals surface area (Å²) in [5.41, 5.74) is -5.55. The van der Waals surface area contributed by atoms with Gasteiger partial charge in [-0.25, -0.2) is 0 Å². The molecule has 0 aromatic heterocycles. The number of halogens is 2. The lowest BCUT2D eigenvalue weighted by Gasteiger charge is -2.21. The van der Waals surface area contributed by atoms with Gasteiger partial charge in [-0.05, 0) is 33.6 Å². The summed E-state index contributed by atoms with van der Waals surface area (Å²) in [7, 11) is -4.63. The molecule has 0 aromatic rings. The Kier molecular flexibility index (Phi) is 5.76. The van der Waals surface area contributed by atoms with Crippen molar-refractivity contribution in [3.8, 4) is 11.8 Å². The molecule has 0 saturated heterocycles. The SMILES string of the molecule is CCOP(=O)(OCC)C(F)(F)C#CC(C)(C)O. The normalized spacial score (nSPS) is 13.1. The maximum Gasteiger partial charge on any atom is 0.412 e. The van der Waals surface area contributed by atoms with Gasteiger partial charge in [-0.1, -0.05) is 5.92 Å². The third-order valence-electron chi connectivity index (χ3n) is 1.46. The van der Waals surface area contributed by atoms with E-state index in [0.29, 0.717) is 0 Å². The van der Waals surface area contributed by atoms with Gasteiger partial charge in [-0.15, -0.1) is 0 Å². The molecule has 1 N–H and O–H groups in total. The van der Waals surface area contributed by atoms with Crippen molar-refractivity contribution in [1.82, 2.24) is 0 Å². The molecule has 100 valence electrons. The Balaban J connectivity index is 5.21. The number of rotatable bonds is 5. The second-order valence-corrected chi connectivity index (χ2v) is 5.76. The van der Waals surface area contributed by atoms with E-state index in [-0.39, 0.29) is 13.2 Å². The highest BCUT2D eigenvalue weighted by Gasteiger charge is 2.52. The molecule has 0 fully saturated rings. The van der Waals surface area contributed by atoms with Crippen molar-refractivity contribution >= 4 is 7.60 Å². The highest BCUT2D eigenvalue weighted by Crippen LogP contribution is 2.61. The summed E-state index contributed by atoms with van der Waals surface area (Å²) in [5, 5.41) is 9.23. The van der Waals surface area contributed by atoms with Gasteiger partial charge in [-0.3, -0.25) is 4.57 Å². The van der Waals surface area contributed by atoms with Gasteiger partial charge in [0.05, 0.1) is 13.2 Å². The van der Waals surface area contributed by atoms with Crippen LogP contribution in [-0.4, -0.2) is 29.6 Å². The van der Waals surface area contributed by atoms with Crippen LogP contribution in [0.4, 0.5) is 8.78 Å². The number of alkyl halides is 2. The molecule has 0 aliphatic rings. The van der Waals surface area contributed by atoms with Crippen molar-refractivity contribution in [2.45, 2.75) is 39.0 Å². The van der Waals surface area contributed by atoms with Crippen molar-refractivity contribution < 1.29 is 27.5 Å². The Morgan fingerprint density at radius 1 is 1.18 bits per heavy atom. The van der Waals surface area contributed by atoms with Crippen LogP contribution in [0, 0.1) is 11.8 Å². The van der Waals surface area contributed by atoms with Crippen LogP contribution in [0.3, 0.4) is 0 Å². The fraction of sp³-hybridized carbons (Fsp3) is 0.800. The largest absolute Gasteiger partial charge is 0.412 e. The van der Waals surface area contributed by atoms with Crippen molar-refractivity contribution in [3.05, 3.63) is 0 Å². The molecule has 0 aliphatic carbocycles. The average Bonchev–Trinajstić information content (AvgIpc) is 2.14. The molecule has 0 atom stereocenters. The topological polar surface area (TPSA) is 55.8 Å². The number of hydrogen-bond donors (Lipinski definition) is 1. The van der Waals surface area contributed by atoms with E-state index >= 15 is 0 Å². The van der Waals surface area contributed by atoms with Gasteiger partial charge in [0, 0.05) is 0 Å². The highest BCUT2D eigenvalue weighted by atomic mass is 31.2. The third-order valence-corrected chi connectivity index (χ3v) is 3.46. The molecular weight excluding hydrogens is 253 g/mol. The van der Waals surface area contributed by atoms with Gasteiger partial charge in [0.25, 0.3) is 0 Å². The fourth-order valence-electron chi connectivity index (χ4n) is 0.836. The molecule has 7 heteroatoms. The van der Waals surface area contributed by atoms with Gasteiger partial charge in [0.1, 0.15) is 5.60 Å². The first kappa shape index (κ1) is 16.5. The lowest BCUT2D eigenvalue weighted by atomic mass is 10.1. The zero-order valence-corrected chi connectivity index (χ0v) is 11.2. The molecule has 0 spiro atoms. The minimum absolute atomic E-state index is 0.183. The summed E-state index contributed by atoms with van der Waals surface area (Å²) in [6, 6.07) is 0. The minimum Gasteiger partial charge on any atom is -0.378 e. The summed E-state index contributed by atoms with van der Waals surface area (Å²) in [4.78, 5) is 0. The third kappa shape index (κ3) is 5.13. The molecule has 0 radical (unpaired) electrons. The van der Waals surface area contributed by atoms with Gasteiger partial charge in [-0.2, -0.15) is 8.78 Å². The highest BCUT2D eigenvalue weighted by molar-refractivity contribution is 7.55. The Morgan fingerprint density at radius 2 is 1.59 bits per heavy atom. The smallest absolute Gasteiger partial charge is 0.378 e. The predicted molar refractivity (Wildman–Crippen MR) is 59.9 cm³/mol. The lowest BCUT2D eigenvalue weighted by Crippen LogP contribution is -2.21. The second-order valence-electron chi connectivity index (χ2n) is 3.68. The number of hydrogen-bond acceptors (Lipinski definition) is 4. The van der Waals surface area contributed by atoms with Crippen LogP contribution < -0.4 is 0 Å². The molecule has 0 heterocycles. The monoisotopic (exact) mass is 270 g/mol. The quantitative estimate of drug-likeness (QED) is 0.616. The Bertz CT molecular complexity index is 342. The van der Waals surface area contributed by atoms with Gasteiger partial charge >= 0.3 is 13.3 Å². The van der Waals surface area contributed by atoms with Crippen LogP contribution in [0.1, 0.15) is 27.7 Å². The van der Waals surface area contributed by atoms with Gasteiger partial charge in [0.15, 0.2) is 0 Å². The first-order valence-corrected chi connectivity index (χ1v) is 6.66. The minimum atomic E-state index is -4.63. The van der Waals surface area contributed by atoms with Crippen LogP contribution in [0.15, 0.2) is 0 Å². The Hall–Kier alpha value is -0.470. The van der Waals surface area contributed by atoms with Crippen molar-refractivity contribution in [2.24, 2.45) is 0 Å². The molecule has 0 rings (SSSR count). The van der Waals surface area contributed by atoms with Crippen molar-refractivity contribution in [3.63, 3.8) is 0 Å². The molecule has 4 nitrogen and oxygen atoms in total. The summed E-state index contributed by atoms with van der Waals surface area (Å²) >= 11 is 0. The van der Waals surface area contributed by atoms with Gasteiger partial charge < -0.3 is 14.2 Å². The average molecular weight is 270 g/mol. The van der Waals surface area contributed by atoms with E-state index in [1.54, 1.807) is 0 Å². The summed E-state index contributed by atoms with van der Waals surface area (Å²) in [5.74, 6) is 3.37. The lowest BCUT2D eigenvalue weighted by molar-refractivity contribution is 0.0854. The van der Waals surface area contributed by atoms with E-state index in [1.165, 1.54) is 33.6 Å². The van der Waals surface area contributed by atoms with E-state index < -0.39 is 18.9 Å². The summed E-state index contributed by atoms with van der Waals surface area (Å²) < 4.78 is 47.9. The van der Waals surface area contributed by atoms with E-state index in [0.717, 1.165) is 0 Å². The van der Waals surface area contributed by atoms with Crippen LogP contribution in [0.25, 0.3) is 0 Å². The summed E-state index contributed by atoms with van der Waals surface area (Å²) in [6.07, 6.45) is 0.